The van der Waals surface area contributed by atoms with Gasteiger partial charge in [-0.05, 0) is 103 Å². The van der Waals surface area contributed by atoms with Gasteiger partial charge in [0.15, 0.2) is 0 Å². The van der Waals surface area contributed by atoms with Crippen LogP contribution in [0.25, 0.3) is 0 Å². The summed E-state index contributed by atoms with van der Waals surface area (Å²) in [5.41, 5.74) is 1.06. The molecular formula is C27H46O. The zero-order valence-electron chi connectivity index (χ0n) is 19.3. The average Bonchev–Trinajstić information content (AvgIpc) is 2.99. The molecule has 0 bridgehead atoms. The molecule has 3 fully saturated rings. The predicted octanol–water partition coefficient (Wildman–Crippen LogP) is 8.16. The van der Waals surface area contributed by atoms with Crippen molar-refractivity contribution in [2.75, 3.05) is 0 Å². The molecule has 0 aromatic carbocycles. The molecule has 0 spiro atoms. The third-order valence-corrected chi connectivity index (χ3v) is 10.5. The Kier molecular flexibility index (Phi) is 5.69. The maximum atomic E-state index is 10.1. The first-order chi connectivity index (χ1) is 13.3. The van der Waals surface area contributed by atoms with Crippen LogP contribution in [0, 0.1) is 52.3 Å². The minimum absolute atomic E-state index is 0.456. The van der Waals surface area contributed by atoms with E-state index in [1.807, 2.05) is 0 Å². The molecule has 0 amide bonds. The second-order valence-corrected chi connectivity index (χ2v) is 12.3. The van der Waals surface area contributed by atoms with Crippen molar-refractivity contribution in [1.82, 2.24) is 0 Å². The zero-order valence-corrected chi connectivity index (χ0v) is 19.3. The van der Waals surface area contributed by atoms with Gasteiger partial charge in [0, 0.05) is 6.42 Å². The van der Waals surface area contributed by atoms with E-state index in [-0.39, 0.29) is 0 Å². The van der Waals surface area contributed by atoms with E-state index in [9.17, 15) is 5.11 Å². The molecule has 0 aromatic heterocycles. The summed E-state index contributed by atoms with van der Waals surface area (Å²) in [6.45, 7) is 12.6. The van der Waals surface area contributed by atoms with E-state index in [1.165, 1.54) is 57.8 Å². The van der Waals surface area contributed by atoms with Crippen LogP contribution in [0.2, 0.25) is 0 Å². The smallest absolute Gasteiger partial charge is 0.0886 e. The standard InChI is InChI=1S/C27H46O/c1-18(2)7-6-8-19(3)23-11-12-24-22-10-9-20-17-21(28)13-15-26(20,4)25(22)14-16-27(23,24)5/h13,18-20,22-25,28H,6-12,14-17H2,1-5H3/t19-,20+,22-,23-,24+,25-,26+,27-/m1/s1. The van der Waals surface area contributed by atoms with Crippen molar-refractivity contribution in [1.29, 1.82) is 0 Å². The Bertz CT molecular complexity index is 591. The molecule has 0 aromatic rings. The highest BCUT2D eigenvalue weighted by molar-refractivity contribution is 5.14. The maximum Gasteiger partial charge on any atom is 0.0886 e. The van der Waals surface area contributed by atoms with Crippen molar-refractivity contribution in [2.45, 2.75) is 105 Å². The summed E-state index contributed by atoms with van der Waals surface area (Å²) in [4.78, 5) is 0. The first-order valence-corrected chi connectivity index (χ1v) is 12.6. The molecule has 8 atom stereocenters. The van der Waals surface area contributed by atoms with Crippen LogP contribution in [-0.4, -0.2) is 5.11 Å². The minimum atomic E-state index is 0.456. The molecule has 0 aliphatic heterocycles. The molecule has 3 saturated carbocycles. The van der Waals surface area contributed by atoms with Crippen LogP contribution >= 0.6 is 0 Å². The summed E-state index contributed by atoms with van der Waals surface area (Å²) in [7, 11) is 0. The summed E-state index contributed by atoms with van der Waals surface area (Å²) in [6.07, 6.45) is 17.2. The lowest BCUT2D eigenvalue weighted by Gasteiger charge is -2.60. The number of hydrogen-bond acceptors (Lipinski definition) is 1. The fraction of sp³-hybridized carbons (Fsp3) is 0.926. The van der Waals surface area contributed by atoms with Gasteiger partial charge in [-0.2, -0.15) is 0 Å². The molecule has 1 heteroatoms. The highest BCUT2D eigenvalue weighted by Gasteiger charge is 2.60. The van der Waals surface area contributed by atoms with Gasteiger partial charge in [0.2, 0.25) is 0 Å². The fourth-order valence-corrected chi connectivity index (χ4v) is 8.89. The van der Waals surface area contributed by atoms with E-state index >= 15 is 0 Å². The van der Waals surface area contributed by atoms with E-state index < -0.39 is 0 Å². The average molecular weight is 387 g/mol. The van der Waals surface area contributed by atoms with Crippen LogP contribution in [0.5, 0.6) is 0 Å². The molecule has 1 N–H and O–H groups in total. The molecule has 160 valence electrons. The van der Waals surface area contributed by atoms with Gasteiger partial charge in [0.25, 0.3) is 0 Å². The van der Waals surface area contributed by atoms with Crippen molar-refractivity contribution < 1.29 is 5.11 Å². The Morgan fingerprint density at radius 1 is 0.964 bits per heavy atom. The maximum absolute atomic E-state index is 10.1. The van der Waals surface area contributed by atoms with Crippen molar-refractivity contribution in [3.63, 3.8) is 0 Å². The first kappa shape index (κ1) is 20.8. The van der Waals surface area contributed by atoms with E-state index in [1.54, 1.807) is 0 Å². The van der Waals surface area contributed by atoms with Gasteiger partial charge in [0.05, 0.1) is 5.76 Å². The summed E-state index contributed by atoms with van der Waals surface area (Å²) in [5.74, 6) is 6.98. The molecule has 4 aliphatic carbocycles. The minimum Gasteiger partial charge on any atom is -0.513 e. The number of allylic oxidation sites excluding steroid dienone is 2. The SMILES string of the molecule is CC(C)CCC[C@@H](C)[C@H]1CC[C@H]2[C@H]3CC[C@H]4CC(O)=CC[C@]4(C)[C@@H]3CC[C@]12C. The molecule has 0 saturated heterocycles. The molecule has 0 radical (unpaired) electrons. The topological polar surface area (TPSA) is 20.2 Å². The molecule has 1 nitrogen and oxygen atoms in total. The Labute approximate surface area is 174 Å². The highest BCUT2D eigenvalue weighted by atomic mass is 16.3. The quantitative estimate of drug-likeness (QED) is 0.505. The predicted molar refractivity (Wildman–Crippen MR) is 119 cm³/mol. The number of fused-ring (bicyclic) bond motifs is 5. The van der Waals surface area contributed by atoms with Crippen LogP contribution < -0.4 is 0 Å². The van der Waals surface area contributed by atoms with Gasteiger partial charge >= 0.3 is 0 Å². The van der Waals surface area contributed by atoms with Crippen LogP contribution in [-0.2, 0) is 0 Å². The van der Waals surface area contributed by atoms with Crippen LogP contribution in [0.3, 0.4) is 0 Å². The van der Waals surface area contributed by atoms with Gasteiger partial charge in [-0.1, -0.05) is 53.9 Å². The molecule has 0 heterocycles. The number of hydrogen-bond donors (Lipinski definition) is 1. The zero-order chi connectivity index (χ0) is 20.1. The molecule has 4 rings (SSSR count). The highest BCUT2D eigenvalue weighted by Crippen LogP contribution is 2.68. The van der Waals surface area contributed by atoms with Gasteiger partial charge in [-0.25, -0.2) is 0 Å². The Balaban J connectivity index is 1.48. The van der Waals surface area contributed by atoms with Gasteiger partial charge in [-0.3, -0.25) is 0 Å². The lowest BCUT2D eigenvalue weighted by Crippen LogP contribution is -2.52. The van der Waals surface area contributed by atoms with Crippen molar-refractivity contribution in [2.24, 2.45) is 52.3 Å². The Hall–Kier alpha value is -0.460. The van der Waals surface area contributed by atoms with Crippen molar-refractivity contribution >= 4 is 0 Å². The third-order valence-electron chi connectivity index (χ3n) is 10.5. The van der Waals surface area contributed by atoms with E-state index in [0.717, 1.165) is 54.3 Å². The normalized spacial score (nSPS) is 46.5. The Morgan fingerprint density at radius 3 is 2.46 bits per heavy atom. The molecule has 0 unspecified atom stereocenters. The second kappa shape index (κ2) is 7.66. The molecule has 4 aliphatic rings. The lowest BCUT2D eigenvalue weighted by molar-refractivity contribution is -0.104. The second-order valence-electron chi connectivity index (χ2n) is 12.3. The Morgan fingerprint density at radius 2 is 1.71 bits per heavy atom. The van der Waals surface area contributed by atoms with Crippen LogP contribution in [0.15, 0.2) is 11.8 Å². The van der Waals surface area contributed by atoms with Crippen LogP contribution in [0.4, 0.5) is 0 Å². The van der Waals surface area contributed by atoms with Crippen LogP contribution in [0.1, 0.15) is 105 Å². The lowest BCUT2D eigenvalue weighted by atomic mass is 9.45. The fourth-order valence-electron chi connectivity index (χ4n) is 8.89. The molecule has 28 heavy (non-hydrogen) atoms. The number of aliphatic hydroxyl groups is 1. The van der Waals surface area contributed by atoms with Crippen molar-refractivity contribution in [3.8, 4) is 0 Å². The summed E-state index contributed by atoms with van der Waals surface area (Å²) in [6, 6.07) is 0. The van der Waals surface area contributed by atoms with Crippen molar-refractivity contribution in [3.05, 3.63) is 11.8 Å². The van der Waals surface area contributed by atoms with Gasteiger partial charge < -0.3 is 5.11 Å². The van der Waals surface area contributed by atoms with E-state index in [2.05, 4.69) is 40.7 Å². The summed E-state index contributed by atoms with van der Waals surface area (Å²) in [5, 5.41) is 10.1. The third kappa shape index (κ3) is 3.37. The number of rotatable bonds is 5. The first-order valence-electron chi connectivity index (χ1n) is 12.6. The molecular weight excluding hydrogens is 340 g/mol. The van der Waals surface area contributed by atoms with Gasteiger partial charge in [-0.15, -0.1) is 0 Å². The summed E-state index contributed by atoms with van der Waals surface area (Å²) < 4.78 is 0. The van der Waals surface area contributed by atoms with E-state index in [0.29, 0.717) is 16.6 Å². The van der Waals surface area contributed by atoms with E-state index in [4.69, 9.17) is 0 Å². The van der Waals surface area contributed by atoms with Gasteiger partial charge in [0.1, 0.15) is 0 Å². The summed E-state index contributed by atoms with van der Waals surface area (Å²) >= 11 is 0. The largest absolute Gasteiger partial charge is 0.513 e. The number of aliphatic hydroxyl groups excluding tert-OH is 1. The monoisotopic (exact) mass is 386 g/mol.